The monoisotopic (exact) mass is 431 g/mol. The van der Waals surface area contributed by atoms with Gasteiger partial charge in [-0.2, -0.15) is 5.26 Å². The van der Waals surface area contributed by atoms with Gasteiger partial charge in [0.1, 0.15) is 17.6 Å². The number of hydrogen-bond acceptors (Lipinski definition) is 5. The summed E-state index contributed by atoms with van der Waals surface area (Å²) < 4.78 is 7.27. The zero-order valence-electron chi connectivity index (χ0n) is 13.7. The van der Waals surface area contributed by atoms with Crippen LogP contribution in [0.15, 0.2) is 31.9 Å². The third kappa shape index (κ3) is 2.97. The summed E-state index contributed by atoms with van der Waals surface area (Å²) >= 11 is 4.79. The fraction of sp³-hybridized carbons (Fsp3) is 0.278. The first-order valence-corrected chi connectivity index (χ1v) is 9.81. The van der Waals surface area contributed by atoms with Gasteiger partial charge in [-0.25, -0.2) is 4.79 Å². The Morgan fingerprint density at radius 1 is 1.38 bits per heavy atom. The van der Waals surface area contributed by atoms with Crippen LogP contribution in [0.5, 0.6) is 0 Å². The average molecular weight is 432 g/mol. The van der Waals surface area contributed by atoms with Crippen LogP contribution in [0.25, 0.3) is 11.1 Å². The number of carbonyl (C=O) groups excluding carboxylic acids is 1. The van der Waals surface area contributed by atoms with Crippen LogP contribution >= 0.6 is 27.3 Å². The van der Waals surface area contributed by atoms with Crippen molar-refractivity contribution in [3.63, 3.8) is 0 Å². The molecule has 3 aromatic rings. The number of hydrogen-bond donors (Lipinski definition) is 1. The molecule has 4 rings (SSSR count). The van der Waals surface area contributed by atoms with Gasteiger partial charge in [0.05, 0.1) is 11.1 Å². The van der Waals surface area contributed by atoms with Gasteiger partial charge < -0.3 is 9.73 Å². The molecule has 1 aromatic carbocycles. The topological polar surface area (TPSA) is 88.0 Å². The second-order valence-corrected chi connectivity index (χ2v) is 8.16. The highest BCUT2D eigenvalue weighted by atomic mass is 79.9. The van der Waals surface area contributed by atoms with Crippen molar-refractivity contribution < 1.29 is 9.21 Å². The molecule has 0 aliphatic heterocycles. The summed E-state index contributed by atoms with van der Waals surface area (Å²) in [7, 11) is 0. The maximum atomic E-state index is 12.5. The van der Waals surface area contributed by atoms with E-state index in [1.165, 1.54) is 20.8 Å². The van der Waals surface area contributed by atoms with Gasteiger partial charge in [0.15, 0.2) is 5.58 Å². The van der Waals surface area contributed by atoms with Crippen molar-refractivity contribution in [2.24, 2.45) is 0 Å². The molecule has 26 heavy (non-hydrogen) atoms. The Kier molecular flexibility index (Phi) is 4.42. The van der Waals surface area contributed by atoms with Gasteiger partial charge in [0.2, 0.25) is 5.91 Å². The second-order valence-electron chi connectivity index (χ2n) is 6.14. The number of nitrogens with one attached hydrogen (secondary N) is 1. The molecule has 0 bridgehead atoms. The molecule has 0 saturated heterocycles. The van der Waals surface area contributed by atoms with E-state index >= 15 is 0 Å². The molecule has 0 radical (unpaired) electrons. The minimum Gasteiger partial charge on any atom is -0.408 e. The normalized spacial score (nSPS) is 13.4. The van der Waals surface area contributed by atoms with Crippen LogP contribution in [0.4, 0.5) is 5.00 Å². The van der Waals surface area contributed by atoms with Gasteiger partial charge in [-0.15, -0.1) is 11.3 Å². The lowest BCUT2D eigenvalue weighted by atomic mass is 9.96. The van der Waals surface area contributed by atoms with Crippen LogP contribution in [0.2, 0.25) is 0 Å². The van der Waals surface area contributed by atoms with Crippen molar-refractivity contribution in [3.05, 3.63) is 49.2 Å². The van der Waals surface area contributed by atoms with Crippen LogP contribution in [0.3, 0.4) is 0 Å². The Bertz CT molecular complexity index is 1120. The van der Waals surface area contributed by atoms with E-state index in [0.717, 1.165) is 35.7 Å². The number of benzene rings is 1. The smallest absolute Gasteiger partial charge is 0.408 e. The number of carbonyl (C=O) groups is 1. The molecule has 0 atom stereocenters. The molecular weight excluding hydrogens is 418 g/mol. The third-order valence-corrected chi connectivity index (χ3v) is 6.17. The Morgan fingerprint density at radius 3 is 3.00 bits per heavy atom. The first-order chi connectivity index (χ1) is 12.6. The predicted octanol–water partition coefficient (Wildman–Crippen LogP) is 3.81. The van der Waals surface area contributed by atoms with E-state index in [0.29, 0.717) is 21.7 Å². The molecule has 1 N–H and O–H groups in total. The highest BCUT2D eigenvalue weighted by Crippen LogP contribution is 2.37. The summed E-state index contributed by atoms with van der Waals surface area (Å²) in [6, 6.07) is 7.41. The molecule has 132 valence electrons. The van der Waals surface area contributed by atoms with Gasteiger partial charge in [-0.1, -0.05) is 15.9 Å². The number of rotatable bonds is 3. The Balaban J connectivity index is 1.61. The van der Waals surface area contributed by atoms with Crippen molar-refractivity contribution >= 4 is 49.3 Å². The molecule has 2 aromatic heterocycles. The molecule has 0 unspecified atom stereocenters. The number of thiophene rings is 1. The van der Waals surface area contributed by atoms with Crippen LogP contribution in [-0.4, -0.2) is 10.5 Å². The second kappa shape index (κ2) is 6.74. The minimum atomic E-state index is -0.584. The van der Waals surface area contributed by atoms with E-state index in [9.17, 15) is 14.9 Å². The van der Waals surface area contributed by atoms with Gasteiger partial charge in [0, 0.05) is 9.35 Å². The molecule has 1 aliphatic carbocycles. The summed E-state index contributed by atoms with van der Waals surface area (Å²) in [5.74, 6) is -0.938. The summed E-state index contributed by atoms with van der Waals surface area (Å²) in [6.07, 6.45) is 4.01. The number of fused-ring (bicyclic) bond motifs is 2. The van der Waals surface area contributed by atoms with E-state index in [1.54, 1.807) is 18.2 Å². The van der Waals surface area contributed by atoms with Crippen molar-refractivity contribution in [2.75, 3.05) is 5.32 Å². The van der Waals surface area contributed by atoms with Crippen molar-refractivity contribution in [3.8, 4) is 6.07 Å². The predicted molar refractivity (Wildman–Crippen MR) is 102 cm³/mol. The first kappa shape index (κ1) is 17.1. The fourth-order valence-electron chi connectivity index (χ4n) is 3.27. The SMILES string of the molecule is N#Cc1c(NC(=O)Cn2c(=O)oc3cc(Br)ccc32)sc2c1CCCC2. The average Bonchev–Trinajstić information content (AvgIpc) is 3.11. The molecule has 2 heterocycles. The van der Waals surface area contributed by atoms with Crippen molar-refractivity contribution in [2.45, 2.75) is 32.2 Å². The van der Waals surface area contributed by atoms with E-state index in [2.05, 4.69) is 27.3 Å². The van der Waals surface area contributed by atoms with Gasteiger partial charge in [-0.05, 0) is 49.4 Å². The molecule has 0 spiro atoms. The molecule has 1 aliphatic rings. The molecule has 0 saturated carbocycles. The zero-order valence-corrected chi connectivity index (χ0v) is 16.1. The highest BCUT2D eigenvalue weighted by Gasteiger charge is 2.22. The Hall–Kier alpha value is -2.37. The highest BCUT2D eigenvalue weighted by molar-refractivity contribution is 9.10. The molecule has 0 fully saturated rings. The first-order valence-electron chi connectivity index (χ1n) is 8.20. The lowest BCUT2D eigenvalue weighted by molar-refractivity contribution is -0.116. The van der Waals surface area contributed by atoms with E-state index in [1.807, 2.05) is 0 Å². The fourth-order valence-corrected chi connectivity index (χ4v) is 4.87. The quantitative estimate of drug-likeness (QED) is 0.682. The number of amides is 1. The Morgan fingerprint density at radius 2 is 2.19 bits per heavy atom. The van der Waals surface area contributed by atoms with Gasteiger partial charge >= 0.3 is 5.76 Å². The molecule has 6 nitrogen and oxygen atoms in total. The molecule has 8 heteroatoms. The van der Waals surface area contributed by atoms with Gasteiger partial charge in [-0.3, -0.25) is 9.36 Å². The summed E-state index contributed by atoms with van der Waals surface area (Å²) in [4.78, 5) is 25.8. The number of halogens is 1. The lowest BCUT2D eigenvalue weighted by Crippen LogP contribution is -2.24. The summed E-state index contributed by atoms with van der Waals surface area (Å²) in [5.41, 5.74) is 2.60. The van der Waals surface area contributed by atoms with Crippen molar-refractivity contribution in [1.82, 2.24) is 4.57 Å². The van der Waals surface area contributed by atoms with Gasteiger partial charge in [0.25, 0.3) is 0 Å². The Labute approximate surface area is 161 Å². The summed E-state index contributed by atoms with van der Waals surface area (Å²) in [5, 5.41) is 12.9. The minimum absolute atomic E-state index is 0.166. The number of aromatic nitrogens is 1. The largest absolute Gasteiger partial charge is 0.420 e. The standard InChI is InChI=1S/C18H14BrN3O3S/c19-10-5-6-13-14(7-10)25-18(24)22(13)9-16(23)21-17-12(8-20)11-3-1-2-4-15(11)26-17/h5-7H,1-4,9H2,(H,21,23). The number of nitrogens with zero attached hydrogens (tertiary/aromatic N) is 2. The molecular formula is C18H14BrN3O3S. The van der Waals surface area contributed by atoms with Crippen LogP contribution < -0.4 is 11.1 Å². The van der Waals surface area contributed by atoms with Crippen molar-refractivity contribution in [1.29, 1.82) is 5.26 Å². The van der Waals surface area contributed by atoms with E-state index in [-0.39, 0.29) is 12.5 Å². The van der Waals surface area contributed by atoms with E-state index < -0.39 is 5.76 Å². The zero-order chi connectivity index (χ0) is 18.3. The summed E-state index contributed by atoms with van der Waals surface area (Å²) in [6.45, 7) is -0.166. The van der Waals surface area contributed by atoms with Crippen LogP contribution in [0, 0.1) is 11.3 Å². The van der Waals surface area contributed by atoms with E-state index in [4.69, 9.17) is 4.42 Å². The maximum absolute atomic E-state index is 12.5. The number of nitriles is 1. The molecule has 1 amide bonds. The maximum Gasteiger partial charge on any atom is 0.420 e. The van der Waals surface area contributed by atoms with Crippen LogP contribution in [0.1, 0.15) is 28.8 Å². The number of oxazole rings is 1. The number of aryl methyl sites for hydroxylation is 1. The van der Waals surface area contributed by atoms with Crippen LogP contribution in [-0.2, 0) is 24.2 Å². The lowest BCUT2D eigenvalue weighted by Gasteiger charge is -2.09. The number of anilines is 1. The third-order valence-electron chi connectivity index (χ3n) is 4.47.